The molecule has 2 rings (SSSR count). The minimum atomic E-state index is 0.796. The molecule has 0 saturated heterocycles. The molecule has 0 spiro atoms. The van der Waals surface area contributed by atoms with Crippen molar-refractivity contribution in [2.75, 3.05) is 14.2 Å². The van der Waals surface area contributed by atoms with Crippen molar-refractivity contribution < 1.29 is 9.47 Å². The van der Waals surface area contributed by atoms with E-state index in [1.165, 1.54) is 25.0 Å². The highest BCUT2D eigenvalue weighted by atomic mass is 16.5. The summed E-state index contributed by atoms with van der Waals surface area (Å²) < 4.78 is 10.8. The Hall–Kier alpha value is -1.51. The van der Waals surface area contributed by atoms with Gasteiger partial charge in [0.2, 0.25) is 0 Å². The summed E-state index contributed by atoms with van der Waals surface area (Å²) in [6.07, 6.45) is 6.01. The van der Waals surface area contributed by atoms with E-state index in [1.807, 2.05) is 19.1 Å². The molecule has 0 unspecified atom stereocenters. The second kappa shape index (κ2) is 5.89. The van der Waals surface area contributed by atoms with Crippen molar-refractivity contribution in [1.82, 2.24) is 0 Å². The van der Waals surface area contributed by atoms with Gasteiger partial charge in [0.15, 0.2) is 0 Å². The third-order valence-corrected chi connectivity index (χ3v) is 3.32. The standard InChI is InChI=1S/C15H21NO2/c1-11-9-13(17-2)15(14(10-11)18-3)16-12-7-5-4-6-8-12/h9-10H,4-8H2,1-3H3. The van der Waals surface area contributed by atoms with E-state index in [4.69, 9.17) is 14.5 Å². The average molecular weight is 247 g/mol. The molecule has 18 heavy (non-hydrogen) atoms. The highest BCUT2D eigenvalue weighted by molar-refractivity contribution is 5.89. The van der Waals surface area contributed by atoms with E-state index in [0.29, 0.717) is 0 Å². The predicted octanol–water partition coefficient (Wildman–Crippen LogP) is 4.05. The lowest BCUT2D eigenvalue weighted by atomic mass is 9.98. The normalized spacial score (nSPS) is 15.4. The Morgan fingerprint density at radius 3 is 2.00 bits per heavy atom. The maximum atomic E-state index is 5.42. The molecule has 1 saturated carbocycles. The van der Waals surface area contributed by atoms with E-state index in [-0.39, 0.29) is 0 Å². The maximum Gasteiger partial charge on any atom is 0.148 e. The Bertz CT molecular complexity index is 419. The molecule has 0 amide bonds. The molecule has 1 aliphatic carbocycles. The summed E-state index contributed by atoms with van der Waals surface area (Å²) in [7, 11) is 3.36. The molecule has 1 aromatic carbocycles. The topological polar surface area (TPSA) is 30.8 Å². The van der Waals surface area contributed by atoms with Gasteiger partial charge in [0.1, 0.15) is 17.2 Å². The molecule has 1 aliphatic rings. The summed E-state index contributed by atoms with van der Waals surface area (Å²) in [6.45, 7) is 2.03. The van der Waals surface area contributed by atoms with E-state index < -0.39 is 0 Å². The summed E-state index contributed by atoms with van der Waals surface area (Å²) >= 11 is 0. The molecule has 0 N–H and O–H groups in total. The lowest BCUT2D eigenvalue weighted by molar-refractivity contribution is 0.396. The van der Waals surface area contributed by atoms with Gasteiger partial charge in [-0.25, -0.2) is 0 Å². The zero-order chi connectivity index (χ0) is 13.0. The first-order chi connectivity index (χ1) is 8.74. The zero-order valence-corrected chi connectivity index (χ0v) is 11.5. The number of benzene rings is 1. The molecule has 0 aromatic heterocycles. The van der Waals surface area contributed by atoms with Crippen molar-refractivity contribution >= 4 is 11.4 Å². The first-order valence-electron chi connectivity index (χ1n) is 6.53. The van der Waals surface area contributed by atoms with Gasteiger partial charge >= 0.3 is 0 Å². The Balaban J connectivity index is 2.40. The van der Waals surface area contributed by atoms with E-state index in [2.05, 4.69) is 0 Å². The van der Waals surface area contributed by atoms with Crippen LogP contribution in [0.25, 0.3) is 0 Å². The van der Waals surface area contributed by atoms with Gasteiger partial charge in [-0.2, -0.15) is 0 Å². The molecule has 0 bridgehead atoms. The van der Waals surface area contributed by atoms with Gasteiger partial charge in [-0.05, 0) is 50.3 Å². The molecule has 3 heteroatoms. The van der Waals surface area contributed by atoms with Crippen LogP contribution in [0.1, 0.15) is 37.7 Å². The van der Waals surface area contributed by atoms with Crippen LogP contribution in [0.2, 0.25) is 0 Å². The van der Waals surface area contributed by atoms with Crippen molar-refractivity contribution in [2.24, 2.45) is 4.99 Å². The fraction of sp³-hybridized carbons (Fsp3) is 0.533. The number of hydrogen-bond acceptors (Lipinski definition) is 3. The Morgan fingerprint density at radius 1 is 0.944 bits per heavy atom. The molecule has 0 atom stereocenters. The Morgan fingerprint density at radius 2 is 1.50 bits per heavy atom. The fourth-order valence-electron chi connectivity index (χ4n) is 2.36. The first-order valence-corrected chi connectivity index (χ1v) is 6.53. The van der Waals surface area contributed by atoms with Crippen LogP contribution >= 0.6 is 0 Å². The highest BCUT2D eigenvalue weighted by Crippen LogP contribution is 2.39. The van der Waals surface area contributed by atoms with Gasteiger partial charge in [0.25, 0.3) is 0 Å². The van der Waals surface area contributed by atoms with E-state index in [1.54, 1.807) is 14.2 Å². The second-order valence-corrected chi connectivity index (χ2v) is 4.76. The summed E-state index contributed by atoms with van der Waals surface area (Å²) in [4.78, 5) is 4.77. The van der Waals surface area contributed by atoms with Gasteiger partial charge in [-0.1, -0.05) is 6.42 Å². The maximum absolute atomic E-state index is 5.42. The van der Waals surface area contributed by atoms with Crippen LogP contribution in [0.15, 0.2) is 17.1 Å². The Labute approximate surface area is 109 Å². The number of hydrogen-bond donors (Lipinski definition) is 0. The van der Waals surface area contributed by atoms with Crippen LogP contribution in [0.4, 0.5) is 5.69 Å². The summed E-state index contributed by atoms with van der Waals surface area (Å²) in [5.41, 5.74) is 3.22. The van der Waals surface area contributed by atoms with Gasteiger partial charge in [0.05, 0.1) is 14.2 Å². The Kier molecular flexibility index (Phi) is 4.24. The number of nitrogens with zero attached hydrogens (tertiary/aromatic N) is 1. The second-order valence-electron chi connectivity index (χ2n) is 4.76. The summed E-state index contributed by atoms with van der Waals surface area (Å²) in [5, 5.41) is 0. The van der Waals surface area contributed by atoms with Crippen molar-refractivity contribution in [2.45, 2.75) is 39.0 Å². The molecule has 0 aliphatic heterocycles. The van der Waals surface area contributed by atoms with Gasteiger partial charge in [-0.15, -0.1) is 0 Å². The molecular weight excluding hydrogens is 226 g/mol. The van der Waals surface area contributed by atoms with Crippen molar-refractivity contribution in [3.63, 3.8) is 0 Å². The molecular formula is C15H21NO2. The van der Waals surface area contributed by atoms with Crippen LogP contribution in [0.3, 0.4) is 0 Å². The number of ether oxygens (including phenoxy) is 2. The fourth-order valence-corrected chi connectivity index (χ4v) is 2.36. The number of rotatable bonds is 3. The molecule has 3 nitrogen and oxygen atoms in total. The van der Waals surface area contributed by atoms with Gasteiger partial charge in [0, 0.05) is 5.71 Å². The van der Waals surface area contributed by atoms with Crippen LogP contribution < -0.4 is 9.47 Å². The summed E-state index contributed by atoms with van der Waals surface area (Å²) in [5.74, 6) is 1.59. The third kappa shape index (κ3) is 2.84. The lowest BCUT2D eigenvalue weighted by Gasteiger charge is -2.15. The van der Waals surface area contributed by atoms with Crippen LogP contribution in [-0.2, 0) is 0 Å². The first kappa shape index (κ1) is 12.9. The largest absolute Gasteiger partial charge is 0.494 e. The monoisotopic (exact) mass is 247 g/mol. The molecule has 0 heterocycles. The number of aryl methyl sites for hydroxylation is 1. The van der Waals surface area contributed by atoms with Crippen molar-refractivity contribution in [1.29, 1.82) is 0 Å². The molecule has 0 radical (unpaired) electrons. The SMILES string of the molecule is COc1cc(C)cc(OC)c1N=C1CCCCC1. The smallest absolute Gasteiger partial charge is 0.148 e. The predicted molar refractivity (Wildman–Crippen MR) is 74.5 cm³/mol. The van der Waals surface area contributed by atoms with Gasteiger partial charge < -0.3 is 9.47 Å². The minimum absolute atomic E-state index is 0.796. The lowest BCUT2D eigenvalue weighted by Crippen LogP contribution is -2.04. The molecule has 1 aromatic rings. The van der Waals surface area contributed by atoms with E-state index >= 15 is 0 Å². The van der Waals surface area contributed by atoms with Crippen LogP contribution in [0.5, 0.6) is 11.5 Å². The quantitative estimate of drug-likeness (QED) is 0.806. The van der Waals surface area contributed by atoms with Gasteiger partial charge in [-0.3, -0.25) is 4.99 Å². The molecule has 98 valence electrons. The van der Waals surface area contributed by atoms with E-state index in [9.17, 15) is 0 Å². The van der Waals surface area contributed by atoms with Crippen molar-refractivity contribution in [3.8, 4) is 11.5 Å². The molecule has 1 fully saturated rings. The number of aliphatic imine (C=N–C) groups is 1. The summed E-state index contributed by atoms with van der Waals surface area (Å²) in [6, 6.07) is 4.01. The highest BCUT2D eigenvalue weighted by Gasteiger charge is 2.13. The minimum Gasteiger partial charge on any atom is -0.494 e. The van der Waals surface area contributed by atoms with Crippen LogP contribution in [0, 0.1) is 6.92 Å². The number of methoxy groups -OCH3 is 2. The average Bonchev–Trinajstić information content (AvgIpc) is 2.41. The zero-order valence-electron chi connectivity index (χ0n) is 11.5. The third-order valence-electron chi connectivity index (χ3n) is 3.32. The van der Waals surface area contributed by atoms with Crippen molar-refractivity contribution in [3.05, 3.63) is 17.7 Å². The van der Waals surface area contributed by atoms with E-state index in [0.717, 1.165) is 35.6 Å². The van der Waals surface area contributed by atoms with Crippen LogP contribution in [-0.4, -0.2) is 19.9 Å².